The van der Waals surface area contributed by atoms with Gasteiger partial charge in [0.05, 0.1) is 48.6 Å². The number of rotatable bonds is 12. The van der Waals surface area contributed by atoms with E-state index in [1.807, 2.05) is 19.9 Å². The Balaban J connectivity index is 2.35. The van der Waals surface area contributed by atoms with Crippen molar-refractivity contribution in [3.05, 3.63) is 12.2 Å². The van der Waals surface area contributed by atoms with Crippen LogP contribution in [0, 0.1) is 17.8 Å². The Labute approximate surface area is 224 Å². The second-order valence-corrected chi connectivity index (χ2v) is 11.2. The third-order valence-corrected chi connectivity index (χ3v) is 7.09. The summed E-state index contributed by atoms with van der Waals surface area (Å²) in [5.74, 6) is -3.83. The zero-order valence-electron chi connectivity index (χ0n) is 22.9. The number of allylic oxidation sites excluding steroid dienone is 1. The fraction of sp³-hybridized carbons (Fsp3) is 0.885. The van der Waals surface area contributed by atoms with Gasteiger partial charge in [0.25, 0.3) is 0 Å². The van der Waals surface area contributed by atoms with E-state index in [-0.39, 0.29) is 37.6 Å². The lowest BCUT2D eigenvalue weighted by Gasteiger charge is -2.46. The molecule has 0 saturated carbocycles. The first kappa shape index (κ1) is 33.0. The van der Waals surface area contributed by atoms with Gasteiger partial charge in [0.1, 0.15) is 12.8 Å². The van der Waals surface area contributed by atoms with E-state index in [1.54, 1.807) is 26.8 Å². The van der Waals surface area contributed by atoms with Crippen molar-refractivity contribution in [2.45, 2.75) is 115 Å². The number of alkyl halides is 1. The van der Waals surface area contributed by atoms with Crippen LogP contribution in [0.15, 0.2) is 12.2 Å². The number of halogens is 1. The minimum Gasteiger partial charge on any atom is -0.393 e. The normalized spacial score (nSPS) is 38.1. The number of hydrogen-bond acceptors (Lipinski definition) is 10. The highest BCUT2D eigenvalue weighted by molar-refractivity contribution is 5.80. The number of carbonyl (C=O) groups is 1. The first-order valence-electron chi connectivity index (χ1n) is 13.4. The first-order valence-corrected chi connectivity index (χ1v) is 13.4. The molecule has 0 aromatic rings. The molecule has 11 atom stereocenters. The molecule has 5 unspecified atom stereocenters. The molecular formula is C26H47FN2O9. The van der Waals surface area contributed by atoms with Gasteiger partial charge in [-0.15, -0.1) is 0 Å². The molecule has 2 heterocycles. The van der Waals surface area contributed by atoms with Crippen molar-refractivity contribution in [2.24, 2.45) is 23.5 Å². The van der Waals surface area contributed by atoms with Crippen LogP contribution in [0.2, 0.25) is 0 Å². The number of nitrogens with two attached hydrogens (primary N) is 1. The molecule has 2 fully saturated rings. The SMILES string of the molecule is CC(C)/C=C/[C@@H](C[C@@H]1O[C@](O)(C[C@@H](O)C(C)C)C[C@H](O)[C@H]1C(=O)NCCF)OC1OC(C)C(O)C(N)C1O. The van der Waals surface area contributed by atoms with Gasteiger partial charge in [-0.2, -0.15) is 0 Å². The molecule has 8 N–H and O–H groups in total. The standard InChI is InChI=1S/C26H47FN2O9/c1-13(2)6-7-16(37-25-23(33)21(28)22(32)15(5)36-25)10-19-20(24(34)29-9-8-27)18(31)12-26(35,38-19)11-17(30)14(3)4/h6-7,13-23,25,30-33,35H,8-12,28H2,1-5H3,(H,29,34)/b7-6+/t15?,16-,17+,18-,19-,20+,21?,22?,23?,25?,26+/m0/s1. The number of aliphatic hydroxyl groups excluding tert-OH is 4. The lowest BCUT2D eigenvalue weighted by Crippen LogP contribution is -2.62. The summed E-state index contributed by atoms with van der Waals surface area (Å²) in [6, 6.07) is -1.02. The molecule has 2 aliphatic rings. The van der Waals surface area contributed by atoms with Crippen LogP contribution in [0.4, 0.5) is 4.39 Å². The fourth-order valence-electron chi connectivity index (χ4n) is 4.73. The number of hydrogen-bond donors (Lipinski definition) is 7. The van der Waals surface area contributed by atoms with Crippen LogP contribution >= 0.6 is 0 Å². The summed E-state index contributed by atoms with van der Waals surface area (Å²) in [6.45, 7) is 7.97. The van der Waals surface area contributed by atoms with Crippen molar-refractivity contribution in [1.29, 1.82) is 0 Å². The van der Waals surface area contributed by atoms with Crippen LogP contribution in [0.1, 0.15) is 53.9 Å². The smallest absolute Gasteiger partial charge is 0.228 e. The van der Waals surface area contributed by atoms with E-state index >= 15 is 0 Å². The zero-order chi connectivity index (χ0) is 28.8. The van der Waals surface area contributed by atoms with Gasteiger partial charge in [-0.3, -0.25) is 4.79 Å². The van der Waals surface area contributed by atoms with E-state index in [9.17, 15) is 34.7 Å². The molecule has 0 radical (unpaired) electrons. The van der Waals surface area contributed by atoms with Crippen LogP contribution < -0.4 is 11.1 Å². The Kier molecular flexibility index (Phi) is 12.5. The van der Waals surface area contributed by atoms with Crippen molar-refractivity contribution >= 4 is 5.91 Å². The molecule has 2 aliphatic heterocycles. The molecule has 1 amide bonds. The van der Waals surface area contributed by atoms with Crippen molar-refractivity contribution < 1.29 is 48.9 Å². The summed E-state index contributed by atoms with van der Waals surface area (Å²) in [5.41, 5.74) is 5.94. The molecule has 0 spiro atoms. The Morgan fingerprint density at radius 2 is 1.87 bits per heavy atom. The molecule has 38 heavy (non-hydrogen) atoms. The van der Waals surface area contributed by atoms with E-state index in [1.165, 1.54) is 0 Å². The molecule has 2 rings (SSSR count). The third kappa shape index (κ3) is 8.90. The van der Waals surface area contributed by atoms with Gasteiger partial charge in [-0.25, -0.2) is 4.39 Å². The summed E-state index contributed by atoms with van der Waals surface area (Å²) in [4.78, 5) is 12.9. The van der Waals surface area contributed by atoms with Gasteiger partial charge in [0, 0.05) is 25.8 Å². The summed E-state index contributed by atoms with van der Waals surface area (Å²) >= 11 is 0. The van der Waals surface area contributed by atoms with Gasteiger partial charge in [-0.05, 0) is 18.8 Å². The molecule has 0 aliphatic carbocycles. The quantitative estimate of drug-likeness (QED) is 0.159. The Morgan fingerprint density at radius 3 is 2.45 bits per heavy atom. The van der Waals surface area contributed by atoms with Crippen LogP contribution in [-0.4, -0.2) is 106 Å². The topological polar surface area (TPSA) is 184 Å². The predicted molar refractivity (Wildman–Crippen MR) is 136 cm³/mol. The number of aliphatic hydroxyl groups is 5. The molecule has 11 nitrogen and oxygen atoms in total. The maximum absolute atomic E-state index is 12.9. The van der Waals surface area contributed by atoms with Crippen LogP contribution in [0.25, 0.3) is 0 Å². The molecule has 0 aromatic heterocycles. The minimum atomic E-state index is -1.93. The maximum Gasteiger partial charge on any atom is 0.228 e. The molecule has 2 saturated heterocycles. The summed E-state index contributed by atoms with van der Waals surface area (Å²) in [6.07, 6.45) is -5.66. The number of ether oxygens (including phenoxy) is 3. The minimum absolute atomic E-state index is 0.0627. The Bertz CT molecular complexity index is 773. The van der Waals surface area contributed by atoms with E-state index in [4.69, 9.17) is 19.9 Å². The van der Waals surface area contributed by atoms with Crippen molar-refractivity contribution in [2.75, 3.05) is 13.2 Å². The van der Waals surface area contributed by atoms with E-state index in [0.29, 0.717) is 0 Å². The van der Waals surface area contributed by atoms with Gasteiger partial charge >= 0.3 is 0 Å². The molecule has 0 aromatic carbocycles. The third-order valence-electron chi connectivity index (χ3n) is 7.09. The van der Waals surface area contributed by atoms with Gasteiger partial charge < -0.3 is 50.8 Å². The maximum atomic E-state index is 12.9. The molecule has 12 heteroatoms. The summed E-state index contributed by atoms with van der Waals surface area (Å²) in [7, 11) is 0. The molecule has 222 valence electrons. The number of carbonyl (C=O) groups excluding carboxylic acids is 1. The highest BCUT2D eigenvalue weighted by Crippen LogP contribution is 2.38. The lowest BCUT2D eigenvalue weighted by molar-refractivity contribution is -0.307. The molecular weight excluding hydrogens is 503 g/mol. The average Bonchev–Trinajstić information content (AvgIpc) is 2.82. The summed E-state index contributed by atoms with van der Waals surface area (Å²) < 4.78 is 30.4. The van der Waals surface area contributed by atoms with Gasteiger partial charge in [-0.1, -0.05) is 39.8 Å². The second kappa shape index (κ2) is 14.4. The monoisotopic (exact) mass is 550 g/mol. The average molecular weight is 551 g/mol. The number of nitrogens with one attached hydrogen (secondary N) is 1. The van der Waals surface area contributed by atoms with Gasteiger partial charge in [0.2, 0.25) is 5.91 Å². The molecule has 0 bridgehead atoms. The highest BCUT2D eigenvalue weighted by Gasteiger charge is 2.50. The first-order chi connectivity index (χ1) is 17.7. The second-order valence-electron chi connectivity index (χ2n) is 11.2. The van der Waals surface area contributed by atoms with Gasteiger partial charge in [0.15, 0.2) is 12.1 Å². The van der Waals surface area contributed by atoms with Crippen molar-refractivity contribution in [3.63, 3.8) is 0 Å². The van der Waals surface area contributed by atoms with Crippen molar-refractivity contribution in [3.8, 4) is 0 Å². The van der Waals surface area contributed by atoms with E-state index < -0.39 is 79.3 Å². The number of amides is 1. The lowest BCUT2D eigenvalue weighted by atomic mass is 9.81. The van der Waals surface area contributed by atoms with Crippen LogP contribution in [0.5, 0.6) is 0 Å². The Morgan fingerprint density at radius 1 is 1.21 bits per heavy atom. The van der Waals surface area contributed by atoms with Crippen molar-refractivity contribution in [1.82, 2.24) is 5.32 Å². The highest BCUT2D eigenvalue weighted by atomic mass is 19.1. The largest absolute Gasteiger partial charge is 0.393 e. The fourth-order valence-corrected chi connectivity index (χ4v) is 4.73. The zero-order valence-corrected chi connectivity index (χ0v) is 22.9. The van der Waals surface area contributed by atoms with Crippen LogP contribution in [0.3, 0.4) is 0 Å². The predicted octanol–water partition coefficient (Wildman–Crippen LogP) is -0.285. The summed E-state index contributed by atoms with van der Waals surface area (Å²) in [5, 5.41) is 55.7. The Hall–Kier alpha value is -1.22. The van der Waals surface area contributed by atoms with E-state index in [0.717, 1.165) is 0 Å². The van der Waals surface area contributed by atoms with Crippen LogP contribution in [-0.2, 0) is 19.0 Å². The van der Waals surface area contributed by atoms with E-state index in [2.05, 4.69) is 5.32 Å².